The molecule has 14 heavy (non-hydrogen) atoms. The molecule has 0 saturated heterocycles. The Morgan fingerprint density at radius 2 is 2.14 bits per heavy atom. The second-order valence-corrected chi connectivity index (χ2v) is 4.62. The molecule has 2 saturated carbocycles. The van der Waals surface area contributed by atoms with Crippen LogP contribution in [0.2, 0.25) is 0 Å². The Hall–Kier alpha value is -0.990. The van der Waals surface area contributed by atoms with E-state index in [0.717, 1.165) is 11.7 Å². The molecule has 2 aliphatic carbocycles. The summed E-state index contributed by atoms with van der Waals surface area (Å²) in [4.78, 5) is 0. The Kier molecular flexibility index (Phi) is 1.79. The molecule has 0 unspecified atom stereocenters. The van der Waals surface area contributed by atoms with E-state index in [2.05, 4.69) is 28.2 Å². The van der Waals surface area contributed by atoms with Gasteiger partial charge in [-0.2, -0.15) is 5.10 Å². The zero-order chi connectivity index (χ0) is 9.54. The first kappa shape index (κ1) is 8.33. The second-order valence-electron chi connectivity index (χ2n) is 4.62. The van der Waals surface area contributed by atoms with Crippen molar-refractivity contribution < 1.29 is 0 Å². The minimum atomic E-state index is 0.708. The SMILES string of the molecule is Cn1nc(NC2CC2)cc1C1CCC1. The Balaban J connectivity index is 1.77. The summed E-state index contributed by atoms with van der Waals surface area (Å²) in [5.41, 5.74) is 1.42. The first-order valence-corrected chi connectivity index (χ1v) is 5.63. The first-order valence-electron chi connectivity index (χ1n) is 5.63. The van der Waals surface area contributed by atoms with E-state index in [1.165, 1.54) is 37.8 Å². The highest BCUT2D eigenvalue weighted by molar-refractivity contribution is 5.39. The molecular formula is C11H17N3. The van der Waals surface area contributed by atoms with Crippen molar-refractivity contribution >= 4 is 5.82 Å². The van der Waals surface area contributed by atoms with Crippen molar-refractivity contribution in [1.29, 1.82) is 0 Å². The highest BCUT2D eigenvalue weighted by atomic mass is 15.3. The summed E-state index contributed by atoms with van der Waals surface area (Å²) in [6.45, 7) is 0. The van der Waals surface area contributed by atoms with Gasteiger partial charge in [0.05, 0.1) is 0 Å². The van der Waals surface area contributed by atoms with Gasteiger partial charge < -0.3 is 5.32 Å². The van der Waals surface area contributed by atoms with Crippen molar-refractivity contribution in [3.8, 4) is 0 Å². The molecule has 2 aliphatic rings. The average molecular weight is 191 g/mol. The molecule has 0 aliphatic heterocycles. The Bertz CT molecular complexity index is 334. The number of nitrogens with zero attached hydrogens (tertiary/aromatic N) is 2. The molecule has 1 heterocycles. The summed E-state index contributed by atoms with van der Waals surface area (Å²) in [5, 5.41) is 7.95. The van der Waals surface area contributed by atoms with Crippen molar-refractivity contribution in [2.45, 2.75) is 44.1 Å². The lowest BCUT2D eigenvalue weighted by molar-refractivity contribution is 0.397. The normalized spacial score (nSPS) is 22.1. The summed E-state index contributed by atoms with van der Waals surface area (Å²) < 4.78 is 2.05. The van der Waals surface area contributed by atoms with Crippen LogP contribution in [-0.2, 0) is 7.05 Å². The lowest BCUT2D eigenvalue weighted by Gasteiger charge is -2.24. The van der Waals surface area contributed by atoms with Crippen molar-refractivity contribution in [2.24, 2.45) is 7.05 Å². The number of aromatic nitrogens is 2. The van der Waals surface area contributed by atoms with Crippen LogP contribution < -0.4 is 5.32 Å². The van der Waals surface area contributed by atoms with Crippen LogP contribution in [0.25, 0.3) is 0 Å². The quantitative estimate of drug-likeness (QED) is 0.794. The third-order valence-corrected chi connectivity index (χ3v) is 3.37. The van der Waals surface area contributed by atoms with E-state index in [4.69, 9.17) is 0 Å². The topological polar surface area (TPSA) is 29.9 Å². The van der Waals surface area contributed by atoms with Crippen LogP contribution in [0.1, 0.15) is 43.7 Å². The lowest BCUT2D eigenvalue weighted by Crippen LogP contribution is -2.12. The summed E-state index contributed by atoms with van der Waals surface area (Å²) in [6, 6.07) is 2.95. The average Bonchev–Trinajstić information content (AvgIpc) is 2.77. The van der Waals surface area contributed by atoms with Crippen molar-refractivity contribution in [2.75, 3.05) is 5.32 Å². The van der Waals surface area contributed by atoms with E-state index in [-0.39, 0.29) is 0 Å². The summed E-state index contributed by atoms with van der Waals surface area (Å²) in [7, 11) is 2.06. The molecule has 3 rings (SSSR count). The van der Waals surface area contributed by atoms with Gasteiger partial charge in [-0.25, -0.2) is 0 Å². The smallest absolute Gasteiger partial charge is 0.148 e. The van der Waals surface area contributed by atoms with E-state index >= 15 is 0 Å². The van der Waals surface area contributed by atoms with Gasteiger partial charge in [0.2, 0.25) is 0 Å². The van der Waals surface area contributed by atoms with Gasteiger partial charge in [-0.3, -0.25) is 4.68 Å². The fourth-order valence-electron chi connectivity index (χ4n) is 2.08. The molecule has 0 atom stereocenters. The molecule has 0 aromatic carbocycles. The zero-order valence-corrected chi connectivity index (χ0v) is 8.66. The van der Waals surface area contributed by atoms with Gasteiger partial charge in [-0.05, 0) is 25.7 Å². The molecule has 1 aromatic heterocycles. The molecule has 0 amide bonds. The Morgan fingerprint density at radius 3 is 2.71 bits per heavy atom. The highest BCUT2D eigenvalue weighted by Crippen LogP contribution is 2.37. The maximum Gasteiger partial charge on any atom is 0.148 e. The number of hydrogen-bond acceptors (Lipinski definition) is 2. The number of aryl methyl sites for hydroxylation is 1. The van der Waals surface area contributed by atoms with Gasteiger partial charge in [-0.15, -0.1) is 0 Å². The van der Waals surface area contributed by atoms with E-state index in [0.29, 0.717) is 6.04 Å². The predicted octanol–water partition coefficient (Wildman–Crippen LogP) is 2.26. The lowest BCUT2D eigenvalue weighted by atomic mass is 9.83. The Morgan fingerprint density at radius 1 is 1.36 bits per heavy atom. The molecular weight excluding hydrogens is 174 g/mol. The number of anilines is 1. The van der Waals surface area contributed by atoms with Crippen LogP contribution in [0.5, 0.6) is 0 Å². The van der Waals surface area contributed by atoms with Crippen LogP contribution in [0, 0.1) is 0 Å². The summed E-state index contributed by atoms with van der Waals surface area (Å²) in [6.07, 6.45) is 6.72. The van der Waals surface area contributed by atoms with Gasteiger partial charge >= 0.3 is 0 Å². The van der Waals surface area contributed by atoms with Crippen LogP contribution in [0.3, 0.4) is 0 Å². The molecule has 1 N–H and O–H groups in total. The zero-order valence-electron chi connectivity index (χ0n) is 8.66. The third kappa shape index (κ3) is 1.41. The molecule has 3 heteroatoms. The molecule has 0 spiro atoms. The Labute approximate surface area is 84.5 Å². The summed E-state index contributed by atoms with van der Waals surface area (Å²) in [5.74, 6) is 1.86. The van der Waals surface area contributed by atoms with Gasteiger partial charge in [-0.1, -0.05) is 6.42 Å². The molecule has 2 fully saturated rings. The predicted molar refractivity (Wildman–Crippen MR) is 56.4 cm³/mol. The number of nitrogens with one attached hydrogen (secondary N) is 1. The van der Waals surface area contributed by atoms with E-state index in [1.54, 1.807) is 0 Å². The van der Waals surface area contributed by atoms with Gasteiger partial charge in [0.25, 0.3) is 0 Å². The fourth-order valence-corrected chi connectivity index (χ4v) is 2.08. The fraction of sp³-hybridized carbons (Fsp3) is 0.727. The number of hydrogen-bond donors (Lipinski definition) is 1. The standard InChI is InChI=1S/C11H17N3/c1-14-10(8-3-2-4-8)7-11(13-14)12-9-5-6-9/h7-9H,2-6H2,1H3,(H,12,13). The van der Waals surface area contributed by atoms with Crippen molar-refractivity contribution in [3.05, 3.63) is 11.8 Å². The minimum absolute atomic E-state index is 0.708. The van der Waals surface area contributed by atoms with Crippen molar-refractivity contribution in [1.82, 2.24) is 9.78 Å². The van der Waals surface area contributed by atoms with Crippen molar-refractivity contribution in [3.63, 3.8) is 0 Å². The van der Waals surface area contributed by atoms with Crippen LogP contribution in [-0.4, -0.2) is 15.8 Å². The maximum atomic E-state index is 4.50. The van der Waals surface area contributed by atoms with Gasteiger partial charge in [0, 0.05) is 30.8 Å². The largest absolute Gasteiger partial charge is 0.366 e. The minimum Gasteiger partial charge on any atom is -0.366 e. The second kappa shape index (κ2) is 3.01. The van der Waals surface area contributed by atoms with Crippen LogP contribution in [0.4, 0.5) is 5.82 Å². The maximum absolute atomic E-state index is 4.50. The molecule has 0 radical (unpaired) electrons. The van der Waals surface area contributed by atoms with E-state index < -0.39 is 0 Å². The molecule has 0 bridgehead atoms. The molecule has 1 aromatic rings. The van der Waals surface area contributed by atoms with E-state index in [1.807, 2.05) is 0 Å². The van der Waals surface area contributed by atoms with Gasteiger partial charge in [0.15, 0.2) is 0 Å². The van der Waals surface area contributed by atoms with Crippen LogP contribution >= 0.6 is 0 Å². The highest BCUT2D eigenvalue weighted by Gasteiger charge is 2.25. The number of rotatable bonds is 3. The monoisotopic (exact) mass is 191 g/mol. The third-order valence-electron chi connectivity index (χ3n) is 3.37. The van der Waals surface area contributed by atoms with Gasteiger partial charge in [0.1, 0.15) is 5.82 Å². The summed E-state index contributed by atoms with van der Waals surface area (Å²) >= 11 is 0. The van der Waals surface area contributed by atoms with Crippen LogP contribution in [0.15, 0.2) is 6.07 Å². The first-order chi connectivity index (χ1) is 6.83. The van der Waals surface area contributed by atoms with E-state index in [9.17, 15) is 0 Å². The molecule has 3 nitrogen and oxygen atoms in total. The molecule has 76 valence electrons.